The Hall–Kier alpha value is -2.73. The van der Waals surface area contributed by atoms with Crippen molar-refractivity contribution < 1.29 is 24.2 Å². The topological polar surface area (TPSA) is 72.8 Å². The number of rotatable bonds is 7. The molecule has 5 nitrogen and oxygen atoms in total. The van der Waals surface area contributed by atoms with Gasteiger partial charge >= 0.3 is 11.9 Å². The SMILES string of the molecule is COC(=O)c1ccccc1SC1=C(O)CC(CCC(C)C)(c2ccccc2)OC1=O. The van der Waals surface area contributed by atoms with Crippen LogP contribution in [-0.4, -0.2) is 24.2 Å². The predicted octanol–water partition coefficient (Wildman–Crippen LogP) is 5.61. The van der Waals surface area contributed by atoms with Gasteiger partial charge in [-0.3, -0.25) is 0 Å². The van der Waals surface area contributed by atoms with E-state index in [1.807, 2.05) is 30.3 Å². The molecule has 0 fully saturated rings. The monoisotopic (exact) mass is 426 g/mol. The van der Waals surface area contributed by atoms with E-state index in [0.717, 1.165) is 23.7 Å². The Bertz CT molecular complexity index is 951. The van der Waals surface area contributed by atoms with E-state index >= 15 is 0 Å². The summed E-state index contributed by atoms with van der Waals surface area (Å²) in [6, 6.07) is 16.4. The highest BCUT2D eigenvalue weighted by Gasteiger charge is 2.43. The van der Waals surface area contributed by atoms with Gasteiger partial charge in [-0.25, -0.2) is 9.59 Å². The van der Waals surface area contributed by atoms with Crippen molar-refractivity contribution in [3.8, 4) is 0 Å². The highest BCUT2D eigenvalue weighted by atomic mass is 32.2. The molecule has 1 N–H and O–H groups in total. The zero-order valence-corrected chi connectivity index (χ0v) is 18.2. The molecule has 2 aromatic rings. The van der Waals surface area contributed by atoms with Crippen LogP contribution in [0.5, 0.6) is 0 Å². The van der Waals surface area contributed by atoms with Gasteiger partial charge < -0.3 is 14.6 Å². The Kier molecular flexibility index (Phi) is 6.87. The molecule has 30 heavy (non-hydrogen) atoms. The fourth-order valence-corrected chi connectivity index (χ4v) is 4.42. The molecule has 0 saturated carbocycles. The van der Waals surface area contributed by atoms with E-state index in [1.54, 1.807) is 24.3 Å². The van der Waals surface area contributed by atoms with Crippen molar-refractivity contribution in [3.05, 3.63) is 76.4 Å². The molecule has 1 unspecified atom stereocenters. The van der Waals surface area contributed by atoms with Gasteiger partial charge in [0, 0.05) is 4.90 Å². The van der Waals surface area contributed by atoms with Crippen LogP contribution in [0.1, 0.15) is 49.0 Å². The molecule has 1 aliphatic heterocycles. The van der Waals surface area contributed by atoms with Gasteiger partial charge in [-0.1, -0.05) is 68.1 Å². The van der Waals surface area contributed by atoms with Gasteiger partial charge in [0.1, 0.15) is 16.3 Å². The van der Waals surface area contributed by atoms with Crippen molar-refractivity contribution in [1.82, 2.24) is 0 Å². The molecule has 1 heterocycles. The number of hydrogen-bond acceptors (Lipinski definition) is 6. The molecule has 0 bridgehead atoms. The molecule has 0 aliphatic carbocycles. The van der Waals surface area contributed by atoms with Crippen molar-refractivity contribution in [2.45, 2.75) is 43.6 Å². The number of esters is 2. The third kappa shape index (κ3) is 4.70. The van der Waals surface area contributed by atoms with Crippen molar-refractivity contribution in [2.24, 2.45) is 5.92 Å². The average Bonchev–Trinajstić information content (AvgIpc) is 2.75. The molecule has 2 aromatic carbocycles. The lowest BCUT2D eigenvalue weighted by molar-refractivity contribution is -0.160. The largest absolute Gasteiger partial charge is 0.511 e. The number of methoxy groups -OCH3 is 1. The van der Waals surface area contributed by atoms with E-state index in [4.69, 9.17) is 9.47 Å². The van der Waals surface area contributed by atoms with Crippen LogP contribution in [0, 0.1) is 5.92 Å². The number of aliphatic hydroxyl groups excluding tert-OH is 1. The van der Waals surface area contributed by atoms with E-state index < -0.39 is 17.5 Å². The highest BCUT2D eigenvalue weighted by molar-refractivity contribution is 8.04. The van der Waals surface area contributed by atoms with Crippen molar-refractivity contribution in [3.63, 3.8) is 0 Å². The van der Waals surface area contributed by atoms with Gasteiger partial charge in [-0.2, -0.15) is 0 Å². The summed E-state index contributed by atoms with van der Waals surface area (Å²) in [7, 11) is 1.30. The molecule has 3 rings (SSSR count). The lowest BCUT2D eigenvalue weighted by Crippen LogP contribution is -2.37. The summed E-state index contributed by atoms with van der Waals surface area (Å²) in [5.74, 6) is -0.685. The van der Waals surface area contributed by atoms with Crippen LogP contribution in [0.4, 0.5) is 0 Å². The number of hydrogen-bond donors (Lipinski definition) is 1. The number of benzene rings is 2. The molecule has 1 aliphatic rings. The van der Waals surface area contributed by atoms with E-state index in [1.165, 1.54) is 7.11 Å². The number of aliphatic hydroxyl groups is 1. The first-order valence-electron chi connectivity index (χ1n) is 9.92. The minimum absolute atomic E-state index is 0.0245. The first-order chi connectivity index (χ1) is 14.4. The smallest absolute Gasteiger partial charge is 0.349 e. The zero-order valence-electron chi connectivity index (χ0n) is 17.4. The maximum absolute atomic E-state index is 13.0. The van der Waals surface area contributed by atoms with Crippen LogP contribution in [0.3, 0.4) is 0 Å². The summed E-state index contributed by atoms with van der Waals surface area (Å²) in [6.45, 7) is 4.23. The second-order valence-corrected chi connectivity index (χ2v) is 8.78. The molecule has 0 amide bonds. The van der Waals surface area contributed by atoms with Crippen molar-refractivity contribution in [2.75, 3.05) is 7.11 Å². The molecule has 6 heteroatoms. The quantitative estimate of drug-likeness (QED) is 0.580. The Balaban J connectivity index is 1.96. The Morgan fingerprint density at radius 1 is 1.17 bits per heavy atom. The maximum Gasteiger partial charge on any atom is 0.349 e. The lowest BCUT2D eigenvalue weighted by Gasteiger charge is -2.38. The molecule has 1 atom stereocenters. The summed E-state index contributed by atoms with van der Waals surface area (Å²) < 4.78 is 10.8. The molecule has 0 aromatic heterocycles. The minimum atomic E-state index is -0.904. The van der Waals surface area contributed by atoms with Gasteiger partial charge in [0.05, 0.1) is 19.1 Å². The van der Waals surface area contributed by atoms with E-state index in [9.17, 15) is 14.7 Å². The van der Waals surface area contributed by atoms with E-state index in [0.29, 0.717) is 22.8 Å². The number of thioether (sulfide) groups is 1. The van der Waals surface area contributed by atoms with Gasteiger partial charge in [0.25, 0.3) is 0 Å². The predicted molar refractivity (Wildman–Crippen MR) is 116 cm³/mol. The van der Waals surface area contributed by atoms with E-state index in [2.05, 4.69) is 13.8 Å². The number of ether oxygens (including phenoxy) is 2. The number of carbonyl (C=O) groups excluding carboxylic acids is 2. The Labute approximate surface area is 181 Å². The lowest BCUT2D eigenvalue weighted by atomic mass is 9.82. The summed E-state index contributed by atoms with van der Waals surface area (Å²) in [5.41, 5.74) is 0.292. The maximum atomic E-state index is 13.0. The first kappa shape index (κ1) is 22.0. The summed E-state index contributed by atoms with van der Waals surface area (Å²) in [6.07, 6.45) is 1.66. The number of carbonyl (C=O) groups is 2. The average molecular weight is 427 g/mol. The standard InChI is InChI=1S/C24H26O5S/c1-16(2)13-14-24(17-9-5-4-6-10-17)15-19(25)21(23(27)29-24)30-20-12-8-7-11-18(20)22(26)28-3/h4-12,16,25H,13-15H2,1-3H3. The zero-order chi connectivity index (χ0) is 21.7. The highest BCUT2D eigenvalue weighted by Crippen LogP contribution is 2.45. The Morgan fingerprint density at radius 2 is 1.83 bits per heavy atom. The normalized spacial score (nSPS) is 19.0. The number of cyclic esters (lactones) is 1. The van der Waals surface area contributed by atoms with Crippen LogP contribution in [-0.2, 0) is 19.9 Å². The van der Waals surface area contributed by atoms with Crippen LogP contribution < -0.4 is 0 Å². The minimum Gasteiger partial charge on any atom is -0.511 e. The van der Waals surface area contributed by atoms with Crippen LogP contribution in [0.25, 0.3) is 0 Å². The fraction of sp³-hybridized carbons (Fsp3) is 0.333. The van der Waals surface area contributed by atoms with E-state index in [-0.39, 0.29) is 17.1 Å². The van der Waals surface area contributed by atoms with Gasteiger partial charge in [-0.05, 0) is 36.5 Å². The van der Waals surface area contributed by atoms with Gasteiger partial charge in [-0.15, -0.1) is 0 Å². The van der Waals surface area contributed by atoms with Crippen LogP contribution >= 0.6 is 11.8 Å². The Morgan fingerprint density at radius 3 is 2.47 bits per heavy atom. The van der Waals surface area contributed by atoms with Crippen molar-refractivity contribution >= 4 is 23.7 Å². The van der Waals surface area contributed by atoms with Crippen molar-refractivity contribution in [1.29, 1.82) is 0 Å². The van der Waals surface area contributed by atoms with Crippen LogP contribution in [0.15, 0.2) is 70.2 Å². The van der Waals surface area contributed by atoms with Gasteiger partial charge in [0.2, 0.25) is 0 Å². The molecule has 158 valence electrons. The summed E-state index contributed by atoms with van der Waals surface area (Å²) >= 11 is 1.03. The third-order valence-corrected chi connectivity index (χ3v) is 6.30. The third-order valence-electron chi connectivity index (χ3n) is 5.12. The van der Waals surface area contributed by atoms with Gasteiger partial charge in [0.15, 0.2) is 0 Å². The molecule has 0 spiro atoms. The summed E-state index contributed by atoms with van der Waals surface area (Å²) in [4.78, 5) is 25.7. The first-order valence-corrected chi connectivity index (χ1v) is 10.7. The fourth-order valence-electron chi connectivity index (χ4n) is 3.48. The molecular formula is C24H26O5S. The second kappa shape index (κ2) is 9.39. The summed E-state index contributed by atoms with van der Waals surface area (Å²) in [5, 5.41) is 10.9. The molecule has 0 radical (unpaired) electrons. The molecular weight excluding hydrogens is 400 g/mol. The second-order valence-electron chi connectivity index (χ2n) is 7.72. The van der Waals surface area contributed by atoms with Crippen LogP contribution in [0.2, 0.25) is 0 Å². The molecule has 0 saturated heterocycles.